The van der Waals surface area contributed by atoms with E-state index in [9.17, 15) is 23.1 Å². The van der Waals surface area contributed by atoms with Crippen LogP contribution in [0.4, 0.5) is 13.2 Å². The molecule has 0 aliphatic heterocycles. The molecular weight excluding hydrogens is 600 g/mol. The topological polar surface area (TPSA) is 64.3 Å². The molecule has 5 nitrogen and oxygen atoms in total. The van der Waals surface area contributed by atoms with E-state index in [2.05, 4.69) is 0 Å². The van der Waals surface area contributed by atoms with E-state index in [0.29, 0.717) is 27.9 Å². The number of aromatic carboxylic acids is 1. The SMILES string of the molecule is O=C(O)c1ccc(-n2cc(-c3ccc(Cl)cc3Cl)nc2Cc2ccc(-c3ccc(OCCCC(F)(F)F)cc3)cc2)cc1. The number of benzene rings is 4. The second-order valence-corrected chi connectivity index (χ2v) is 10.7. The zero-order valence-electron chi connectivity index (χ0n) is 22.6. The molecule has 5 aromatic rings. The van der Waals surface area contributed by atoms with Gasteiger partial charge in [-0.25, -0.2) is 9.78 Å². The number of imidazole rings is 1. The van der Waals surface area contributed by atoms with E-state index in [-0.39, 0.29) is 18.6 Å². The van der Waals surface area contributed by atoms with Gasteiger partial charge in [-0.3, -0.25) is 0 Å². The summed E-state index contributed by atoms with van der Waals surface area (Å²) < 4.78 is 44.3. The number of alkyl halides is 3. The predicted octanol–water partition coefficient (Wildman–Crippen LogP) is 9.52. The fourth-order valence-corrected chi connectivity index (χ4v) is 5.07. The van der Waals surface area contributed by atoms with Gasteiger partial charge in [0, 0.05) is 35.3 Å². The highest BCUT2D eigenvalue weighted by Crippen LogP contribution is 2.32. The summed E-state index contributed by atoms with van der Waals surface area (Å²) in [5, 5.41) is 10.3. The molecule has 4 aromatic carbocycles. The molecule has 0 atom stereocenters. The van der Waals surface area contributed by atoms with Gasteiger partial charge in [-0.2, -0.15) is 13.2 Å². The van der Waals surface area contributed by atoms with Crippen molar-refractivity contribution in [3.63, 3.8) is 0 Å². The Morgan fingerprint density at radius 2 is 1.53 bits per heavy atom. The Morgan fingerprint density at radius 1 is 0.884 bits per heavy atom. The summed E-state index contributed by atoms with van der Waals surface area (Å²) in [6.07, 6.45) is -2.80. The van der Waals surface area contributed by atoms with Crippen LogP contribution in [-0.4, -0.2) is 33.4 Å². The van der Waals surface area contributed by atoms with Gasteiger partial charge < -0.3 is 14.4 Å². The molecular formula is C33H25Cl2F3N2O3. The Morgan fingerprint density at radius 3 is 2.14 bits per heavy atom. The van der Waals surface area contributed by atoms with Gasteiger partial charge >= 0.3 is 12.1 Å². The molecule has 0 bridgehead atoms. The standard InChI is InChI=1S/C33H25Cl2F3N2O3/c34-25-10-15-28(29(35)19-25)30-20-40(26-11-6-24(7-12-26)32(41)42)31(39-30)18-21-2-4-22(5-3-21)23-8-13-27(14-9-23)43-17-1-16-33(36,37)38/h2-15,19-20H,1,16-18H2,(H,41,42). The summed E-state index contributed by atoms with van der Waals surface area (Å²) in [5.41, 5.74) is 5.20. The van der Waals surface area contributed by atoms with E-state index in [0.717, 1.165) is 33.8 Å². The third-order valence-corrected chi connectivity index (χ3v) is 7.30. The van der Waals surface area contributed by atoms with Gasteiger partial charge in [0.05, 0.1) is 22.9 Å². The highest BCUT2D eigenvalue weighted by molar-refractivity contribution is 6.36. The third-order valence-electron chi connectivity index (χ3n) is 6.76. The monoisotopic (exact) mass is 624 g/mol. The number of ether oxygens (including phenoxy) is 1. The smallest absolute Gasteiger partial charge is 0.389 e. The first-order valence-electron chi connectivity index (χ1n) is 13.3. The largest absolute Gasteiger partial charge is 0.494 e. The number of hydrogen-bond donors (Lipinski definition) is 1. The Hall–Kier alpha value is -4.27. The molecule has 0 aliphatic carbocycles. The molecule has 0 fully saturated rings. The fourth-order valence-electron chi connectivity index (χ4n) is 4.56. The minimum Gasteiger partial charge on any atom is -0.494 e. The minimum absolute atomic E-state index is 0.00104. The maximum absolute atomic E-state index is 12.3. The van der Waals surface area contributed by atoms with E-state index < -0.39 is 18.6 Å². The molecule has 0 radical (unpaired) electrons. The average Bonchev–Trinajstić information content (AvgIpc) is 3.39. The molecule has 0 unspecified atom stereocenters. The second kappa shape index (κ2) is 12.9. The van der Waals surface area contributed by atoms with Crippen molar-refractivity contribution in [2.24, 2.45) is 0 Å². The number of hydrogen-bond acceptors (Lipinski definition) is 3. The predicted molar refractivity (Wildman–Crippen MR) is 161 cm³/mol. The van der Waals surface area contributed by atoms with Gasteiger partial charge in [-0.15, -0.1) is 0 Å². The van der Waals surface area contributed by atoms with Crippen LogP contribution in [0.15, 0.2) is 97.2 Å². The molecule has 0 aliphatic rings. The van der Waals surface area contributed by atoms with Crippen molar-refractivity contribution in [2.75, 3.05) is 6.61 Å². The van der Waals surface area contributed by atoms with Gasteiger partial charge in [-0.05, 0) is 77.7 Å². The molecule has 43 heavy (non-hydrogen) atoms. The van der Waals surface area contributed by atoms with Crippen LogP contribution < -0.4 is 4.74 Å². The molecule has 1 N–H and O–H groups in total. The lowest BCUT2D eigenvalue weighted by Crippen LogP contribution is -2.09. The summed E-state index contributed by atoms with van der Waals surface area (Å²) in [5.74, 6) is 0.237. The second-order valence-electron chi connectivity index (χ2n) is 9.85. The van der Waals surface area contributed by atoms with E-state index >= 15 is 0 Å². The zero-order chi connectivity index (χ0) is 30.6. The number of aromatic nitrogens is 2. The molecule has 1 aromatic heterocycles. The summed E-state index contributed by atoms with van der Waals surface area (Å²) in [4.78, 5) is 16.2. The van der Waals surface area contributed by atoms with Crippen molar-refractivity contribution in [1.82, 2.24) is 9.55 Å². The van der Waals surface area contributed by atoms with Crippen molar-refractivity contribution in [3.8, 4) is 33.8 Å². The van der Waals surface area contributed by atoms with Crippen molar-refractivity contribution in [3.05, 3.63) is 124 Å². The number of carbonyl (C=O) groups is 1. The zero-order valence-corrected chi connectivity index (χ0v) is 24.1. The third kappa shape index (κ3) is 7.77. The summed E-state index contributed by atoms with van der Waals surface area (Å²) in [6, 6.07) is 26.9. The summed E-state index contributed by atoms with van der Waals surface area (Å²) in [6.45, 7) is -0.00104. The number of halogens is 5. The Kier molecular flexibility index (Phi) is 9.08. The molecule has 0 saturated heterocycles. The Bertz CT molecular complexity index is 1720. The van der Waals surface area contributed by atoms with E-state index in [1.807, 2.05) is 53.2 Å². The normalized spacial score (nSPS) is 11.5. The van der Waals surface area contributed by atoms with Gasteiger partial charge in [0.2, 0.25) is 0 Å². The van der Waals surface area contributed by atoms with Gasteiger partial charge in [0.25, 0.3) is 0 Å². The van der Waals surface area contributed by atoms with Gasteiger partial charge in [0.1, 0.15) is 11.6 Å². The Balaban J connectivity index is 1.35. The molecule has 0 amide bonds. The molecule has 220 valence electrons. The number of carboxylic acids is 1. The van der Waals surface area contributed by atoms with Crippen LogP contribution in [0.1, 0.15) is 34.6 Å². The highest BCUT2D eigenvalue weighted by Gasteiger charge is 2.26. The lowest BCUT2D eigenvalue weighted by Gasteiger charge is -2.10. The fraction of sp³-hybridized carbons (Fsp3) is 0.152. The molecule has 0 spiro atoms. The van der Waals surface area contributed by atoms with Crippen LogP contribution in [0.2, 0.25) is 10.0 Å². The van der Waals surface area contributed by atoms with Crippen molar-refractivity contribution in [2.45, 2.75) is 25.4 Å². The first-order valence-corrected chi connectivity index (χ1v) is 14.1. The van der Waals surface area contributed by atoms with Crippen LogP contribution >= 0.6 is 23.2 Å². The van der Waals surface area contributed by atoms with E-state index in [1.165, 1.54) is 0 Å². The number of rotatable bonds is 10. The highest BCUT2D eigenvalue weighted by atomic mass is 35.5. The lowest BCUT2D eigenvalue weighted by atomic mass is 10.0. The number of carboxylic acid groups (broad SMARTS) is 1. The summed E-state index contributed by atoms with van der Waals surface area (Å²) in [7, 11) is 0. The van der Waals surface area contributed by atoms with E-state index in [4.69, 9.17) is 32.9 Å². The first-order chi connectivity index (χ1) is 20.6. The quantitative estimate of drug-likeness (QED) is 0.157. The summed E-state index contributed by atoms with van der Waals surface area (Å²) >= 11 is 12.6. The molecule has 0 saturated carbocycles. The molecule has 5 rings (SSSR count). The minimum atomic E-state index is -4.18. The number of nitrogens with zero attached hydrogens (tertiary/aromatic N) is 2. The van der Waals surface area contributed by atoms with Crippen LogP contribution in [0.3, 0.4) is 0 Å². The van der Waals surface area contributed by atoms with E-state index in [1.54, 1.807) is 48.5 Å². The van der Waals surface area contributed by atoms with Gasteiger partial charge in [-0.1, -0.05) is 59.6 Å². The van der Waals surface area contributed by atoms with Crippen molar-refractivity contribution < 1.29 is 27.8 Å². The first kappa shape index (κ1) is 30.2. The molecule has 1 heterocycles. The maximum atomic E-state index is 12.3. The average molecular weight is 625 g/mol. The van der Waals surface area contributed by atoms with Crippen LogP contribution in [0.5, 0.6) is 5.75 Å². The van der Waals surface area contributed by atoms with Crippen molar-refractivity contribution in [1.29, 1.82) is 0 Å². The molecule has 10 heteroatoms. The lowest BCUT2D eigenvalue weighted by molar-refractivity contribution is -0.136. The van der Waals surface area contributed by atoms with Crippen LogP contribution in [-0.2, 0) is 6.42 Å². The van der Waals surface area contributed by atoms with Crippen LogP contribution in [0.25, 0.3) is 28.1 Å². The van der Waals surface area contributed by atoms with Crippen LogP contribution in [0, 0.1) is 0 Å². The Labute approximate surface area is 256 Å². The van der Waals surface area contributed by atoms with Gasteiger partial charge in [0.15, 0.2) is 0 Å². The van der Waals surface area contributed by atoms with Crippen molar-refractivity contribution >= 4 is 29.2 Å². The maximum Gasteiger partial charge on any atom is 0.389 e.